The van der Waals surface area contributed by atoms with Gasteiger partial charge in [0, 0.05) is 17.2 Å². The molecular weight excluding hydrogens is 431 g/mol. The smallest absolute Gasteiger partial charge is 0.156 e. The summed E-state index contributed by atoms with van der Waals surface area (Å²) in [5.41, 5.74) is 1.76. The zero-order chi connectivity index (χ0) is 21.6. The van der Waals surface area contributed by atoms with Gasteiger partial charge in [-0.15, -0.1) is 11.6 Å². The molecule has 1 N–H and O–H groups in total. The number of rotatable bonds is 10. The van der Waals surface area contributed by atoms with E-state index in [-0.39, 0.29) is 17.9 Å². The average molecular weight is 460 g/mol. The molecule has 160 valence electrons. The predicted octanol–water partition coefficient (Wildman–Crippen LogP) is 6.72. The molecule has 6 heteroatoms. The maximum Gasteiger partial charge on any atom is 0.156 e. The van der Waals surface area contributed by atoms with Crippen LogP contribution < -0.4 is 9.47 Å². The standard InChI is InChI=1S/C23H29Cl3O3/c1-5-18(27)14-28-19-8-6-16(7-9-19)23(3,4)17-10-20(25)22(21(26)11-17)29-13-15(2)12-24/h6-11,15,18,27H,5,12-14H2,1-4H3/t15-,18-/m0/s1. The number of ether oxygens (including phenoxy) is 2. The fourth-order valence-corrected chi connectivity index (χ4v) is 3.46. The summed E-state index contributed by atoms with van der Waals surface area (Å²) in [5, 5.41) is 10.6. The van der Waals surface area contributed by atoms with Gasteiger partial charge in [-0.1, -0.05) is 63.0 Å². The van der Waals surface area contributed by atoms with Gasteiger partial charge < -0.3 is 14.6 Å². The van der Waals surface area contributed by atoms with Crippen molar-refractivity contribution in [2.24, 2.45) is 5.92 Å². The van der Waals surface area contributed by atoms with Crippen LogP contribution in [0.3, 0.4) is 0 Å². The maximum absolute atomic E-state index is 9.64. The molecule has 0 saturated heterocycles. The molecule has 29 heavy (non-hydrogen) atoms. The number of halogens is 3. The van der Waals surface area contributed by atoms with E-state index < -0.39 is 6.10 Å². The molecule has 2 atom stereocenters. The summed E-state index contributed by atoms with van der Waals surface area (Å²) in [4.78, 5) is 0. The molecular formula is C23H29Cl3O3. The molecule has 0 radical (unpaired) electrons. The van der Waals surface area contributed by atoms with Crippen molar-refractivity contribution in [2.45, 2.75) is 45.6 Å². The van der Waals surface area contributed by atoms with Gasteiger partial charge in [-0.3, -0.25) is 0 Å². The van der Waals surface area contributed by atoms with Gasteiger partial charge in [-0.2, -0.15) is 0 Å². The summed E-state index contributed by atoms with van der Waals surface area (Å²) in [6, 6.07) is 11.7. The van der Waals surface area contributed by atoms with Gasteiger partial charge in [0.05, 0.1) is 22.8 Å². The first-order valence-electron chi connectivity index (χ1n) is 9.78. The number of benzene rings is 2. The van der Waals surface area contributed by atoms with Gasteiger partial charge >= 0.3 is 0 Å². The van der Waals surface area contributed by atoms with Crippen molar-refractivity contribution in [1.29, 1.82) is 0 Å². The summed E-state index contributed by atoms with van der Waals surface area (Å²) in [7, 11) is 0. The van der Waals surface area contributed by atoms with Crippen LogP contribution in [0.2, 0.25) is 10.0 Å². The van der Waals surface area contributed by atoms with E-state index in [0.717, 1.165) is 16.9 Å². The van der Waals surface area contributed by atoms with Crippen molar-refractivity contribution in [1.82, 2.24) is 0 Å². The maximum atomic E-state index is 9.64. The van der Waals surface area contributed by atoms with E-state index in [1.54, 1.807) is 0 Å². The van der Waals surface area contributed by atoms with Gasteiger partial charge in [0.1, 0.15) is 12.4 Å². The van der Waals surface area contributed by atoms with Crippen LogP contribution in [-0.2, 0) is 5.41 Å². The van der Waals surface area contributed by atoms with Gasteiger partial charge in [-0.05, 0) is 41.8 Å². The van der Waals surface area contributed by atoms with Crippen molar-refractivity contribution in [2.75, 3.05) is 19.1 Å². The monoisotopic (exact) mass is 458 g/mol. The van der Waals surface area contributed by atoms with Crippen LogP contribution >= 0.6 is 34.8 Å². The lowest BCUT2D eigenvalue weighted by Gasteiger charge is -2.27. The third kappa shape index (κ3) is 6.42. The van der Waals surface area contributed by atoms with Gasteiger partial charge in [0.2, 0.25) is 0 Å². The minimum absolute atomic E-state index is 0.207. The highest BCUT2D eigenvalue weighted by atomic mass is 35.5. The Labute approximate surface area is 188 Å². The summed E-state index contributed by atoms with van der Waals surface area (Å²) in [6.45, 7) is 8.89. The lowest BCUT2D eigenvalue weighted by Crippen LogP contribution is -2.19. The Bertz CT molecular complexity index is 767. The van der Waals surface area contributed by atoms with E-state index >= 15 is 0 Å². The van der Waals surface area contributed by atoms with Gasteiger partial charge in [-0.25, -0.2) is 0 Å². The molecule has 0 heterocycles. The quantitative estimate of drug-likeness (QED) is 0.401. The van der Waals surface area contributed by atoms with E-state index in [4.69, 9.17) is 44.3 Å². The van der Waals surface area contributed by atoms with Crippen LogP contribution in [0, 0.1) is 5.92 Å². The number of aliphatic hydroxyl groups excluding tert-OH is 1. The molecule has 0 saturated carbocycles. The van der Waals surface area contributed by atoms with E-state index in [9.17, 15) is 5.11 Å². The zero-order valence-electron chi connectivity index (χ0n) is 17.3. The molecule has 0 spiro atoms. The number of hydrogen-bond donors (Lipinski definition) is 1. The van der Waals surface area contributed by atoms with Gasteiger partial charge in [0.15, 0.2) is 5.75 Å². The topological polar surface area (TPSA) is 38.7 Å². The molecule has 0 aliphatic heterocycles. The van der Waals surface area contributed by atoms with Crippen molar-refractivity contribution in [3.8, 4) is 11.5 Å². The Morgan fingerprint density at radius 3 is 2.07 bits per heavy atom. The first-order valence-corrected chi connectivity index (χ1v) is 11.1. The molecule has 2 aromatic rings. The Kier molecular flexibility index (Phi) is 8.96. The highest BCUT2D eigenvalue weighted by molar-refractivity contribution is 6.37. The van der Waals surface area contributed by atoms with Crippen molar-refractivity contribution < 1.29 is 14.6 Å². The lowest BCUT2D eigenvalue weighted by molar-refractivity contribution is 0.104. The van der Waals surface area contributed by atoms with Crippen molar-refractivity contribution in [3.63, 3.8) is 0 Å². The Morgan fingerprint density at radius 2 is 1.55 bits per heavy atom. The molecule has 3 nitrogen and oxygen atoms in total. The van der Waals surface area contributed by atoms with Crippen LogP contribution in [-0.4, -0.2) is 30.3 Å². The minimum atomic E-state index is -0.455. The lowest BCUT2D eigenvalue weighted by atomic mass is 9.78. The summed E-state index contributed by atoms with van der Waals surface area (Å²) in [6.07, 6.45) is 0.209. The third-order valence-electron chi connectivity index (χ3n) is 4.99. The third-order valence-corrected chi connectivity index (χ3v) is 6.07. The predicted molar refractivity (Wildman–Crippen MR) is 122 cm³/mol. The molecule has 0 fully saturated rings. The van der Waals surface area contributed by atoms with Crippen LogP contribution in [0.5, 0.6) is 11.5 Å². The number of alkyl halides is 1. The normalized spacial score (nSPS) is 13.8. The van der Waals surface area contributed by atoms with E-state index in [2.05, 4.69) is 13.8 Å². The molecule has 0 unspecified atom stereocenters. The zero-order valence-corrected chi connectivity index (χ0v) is 19.6. The second kappa shape index (κ2) is 10.8. The van der Waals surface area contributed by atoms with Crippen LogP contribution in [0.25, 0.3) is 0 Å². The second-order valence-electron chi connectivity index (χ2n) is 7.86. The fraction of sp³-hybridized carbons (Fsp3) is 0.478. The molecule has 2 aromatic carbocycles. The van der Waals surface area contributed by atoms with Crippen molar-refractivity contribution in [3.05, 3.63) is 57.6 Å². The van der Waals surface area contributed by atoms with Crippen LogP contribution in [0.15, 0.2) is 36.4 Å². The Hall–Kier alpha value is -1.13. The highest BCUT2D eigenvalue weighted by Gasteiger charge is 2.26. The molecule has 0 aliphatic carbocycles. The van der Waals surface area contributed by atoms with Crippen LogP contribution in [0.4, 0.5) is 0 Å². The average Bonchev–Trinajstić information content (AvgIpc) is 2.71. The summed E-state index contributed by atoms with van der Waals surface area (Å²) < 4.78 is 11.4. The van der Waals surface area contributed by atoms with Crippen LogP contribution in [0.1, 0.15) is 45.2 Å². The summed E-state index contributed by atoms with van der Waals surface area (Å²) in [5.74, 6) is 1.93. The molecule has 0 bridgehead atoms. The first kappa shape index (κ1) is 24.1. The number of hydrogen-bond acceptors (Lipinski definition) is 3. The Morgan fingerprint density at radius 1 is 0.966 bits per heavy atom. The Balaban J connectivity index is 2.19. The number of aliphatic hydroxyl groups is 1. The second-order valence-corrected chi connectivity index (χ2v) is 8.98. The molecule has 0 aromatic heterocycles. The summed E-state index contributed by atoms with van der Waals surface area (Å²) >= 11 is 18.8. The highest BCUT2D eigenvalue weighted by Crippen LogP contribution is 2.40. The van der Waals surface area contributed by atoms with Crippen molar-refractivity contribution >= 4 is 34.8 Å². The SMILES string of the molecule is CC[C@H](O)COc1ccc(C(C)(C)c2cc(Cl)c(OC[C@@H](C)CCl)c(Cl)c2)cc1. The minimum Gasteiger partial charge on any atom is -0.491 e. The first-order chi connectivity index (χ1) is 13.7. The molecule has 0 aliphatic rings. The van der Waals surface area contributed by atoms with Gasteiger partial charge in [0.25, 0.3) is 0 Å². The molecule has 0 amide bonds. The van der Waals surface area contributed by atoms with E-state index in [1.807, 2.05) is 50.2 Å². The van der Waals surface area contributed by atoms with E-state index in [0.29, 0.717) is 34.7 Å². The largest absolute Gasteiger partial charge is 0.491 e. The fourth-order valence-electron chi connectivity index (χ4n) is 2.77. The molecule has 2 rings (SSSR count). The van der Waals surface area contributed by atoms with E-state index in [1.165, 1.54) is 0 Å².